The van der Waals surface area contributed by atoms with Crippen LogP contribution in [-0.2, 0) is 0 Å². The summed E-state index contributed by atoms with van der Waals surface area (Å²) in [5, 5.41) is 40.5. The van der Waals surface area contributed by atoms with Crippen LogP contribution >= 0.6 is 0 Å². The number of allylic oxidation sites excluding steroid dienone is 4. The third kappa shape index (κ3) is 4.02. The van der Waals surface area contributed by atoms with E-state index in [2.05, 4.69) is 0 Å². The van der Waals surface area contributed by atoms with Crippen molar-refractivity contribution in [2.24, 2.45) is 0 Å². The van der Waals surface area contributed by atoms with Gasteiger partial charge in [0.25, 0.3) is 0 Å². The molecule has 4 N–H and O–H groups in total. The van der Waals surface area contributed by atoms with Crippen molar-refractivity contribution in [1.82, 2.24) is 0 Å². The fourth-order valence-electron chi connectivity index (χ4n) is 4.11. The van der Waals surface area contributed by atoms with E-state index >= 15 is 0 Å². The van der Waals surface area contributed by atoms with Gasteiger partial charge in [0, 0.05) is 5.92 Å². The van der Waals surface area contributed by atoms with Gasteiger partial charge in [-0.05, 0) is 92.7 Å². The minimum Gasteiger partial charge on any atom is -0.504 e. The van der Waals surface area contributed by atoms with E-state index in [4.69, 9.17) is 0 Å². The van der Waals surface area contributed by atoms with Crippen molar-refractivity contribution in [2.45, 2.75) is 57.7 Å². The number of aliphatic hydroxyl groups is 2. The molecular weight excluding hydrogens is 340 g/mol. The quantitative estimate of drug-likeness (QED) is 0.602. The van der Waals surface area contributed by atoms with Crippen LogP contribution < -0.4 is 0 Å². The molecule has 1 aromatic rings. The van der Waals surface area contributed by atoms with Gasteiger partial charge in [-0.25, -0.2) is 0 Å². The third-order valence-corrected chi connectivity index (χ3v) is 5.39. The molecule has 1 aromatic carbocycles. The second-order valence-electron chi connectivity index (χ2n) is 8.28. The number of hydrogen-bond donors (Lipinski definition) is 4. The first-order valence-corrected chi connectivity index (χ1v) is 9.25. The number of benzene rings is 1. The molecule has 0 aliphatic heterocycles. The summed E-state index contributed by atoms with van der Waals surface area (Å²) in [6.07, 6.45) is 8.85. The van der Waals surface area contributed by atoms with E-state index in [1.165, 1.54) is 6.07 Å². The van der Waals surface area contributed by atoms with Crippen LogP contribution in [0.1, 0.15) is 52.0 Å². The van der Waals surface area contributed by atoms with Crippen LogP contribution in [-0.4, -0.2) is 31.6 Å². The van der Waals surface area contributed by atoms with Gasteiger partial charge in [0.1, 0.15) is 0 Å². The Kier molecular flexibility index (Phi) is 4.83. The van der Waals surface area contributed by atoms with E-state index in [0.717, 1.165) is 27.9 Å². The topological polar surface area (TPSA) is 80.9 Å². The van der Waals surface area contributed by atoms with Crippen LogP contribution in [0.25, 0.3) is 0 Å². The molecular formula is C23H28O4. The largest absolute Gasteiger partial charge is 0.504 e. The lowest BCUT2D eigenvalue weighted by atomic mass is 9.72. The molecule has 2 unspecified atom stereocenters. The summed E-state index contributed by atoms with van der Waals surface area (Å²) in [7, 11) is 0. The predicted octanol–water partition coefficient (Wildman–Crippen LogP) is 4.24. The van der Waals surface area contributed by atoms with Crippen LogP contribution in [0.4, 0.5) is 0 Å². The summed E-state index contributed by atoms with van der Waals surface area (Å²) >= 11 is 0. The molecule has 0 saturated carbocycles. The van der Waals surface area contributed by atoms with Crippen LogP contribution in [0.3, 0.4) is 0 Å². The smallest absolute Gasteiger partial charge is 0.157 e. The lowest BCUT2D eigenvalue weighted by Gasteiger charge is -2.34. The minimum absolute atomic E-state index is 0.154. The predicted molar refractivity (Wildman–Crippen MR) is 107 cm³/mol. The van der Waals surface area contributed by atoms with Gasteiger partial charge in [-0.15, -0.1) is 0 Å². The number of rotatable bonds is 3. The van der Waals surface area contributed by atoms with Crippen LogP contribution in [0.15, 0.2) is 64.8 Å². The molecule has 4 nitrogen and oxygen atoms in total. The summed E-state index contributed by atoms with van der Waals surface area (Å²) in [5.74, 6) is -0.470. The maximum atomic E-state index is 10.4. The highest BCUT2D eigenvalue weighted by Gasteiger charge is 2.32. The van der Waals surface area contributed by atoms with Crippen molar-refractivity contribution < 1.29 is 20.4 Å². The number of aromatic hydroxyl groups is 2. The molecule has 0 radical (unpaired) electrons. The van der Waals surface area contributed by atoms with Gasteiger partial charge in [-0.2, -0.15) is 0 Å². The molecule has 0 fully saturated rings. The lowest BCUT2D eigenvalue weighted by Crippen LogP contribution is -2.27. The Morgan fingerprint density at radius 3 is 1.70 bits per heavy atom. The molecule has 2 aliphatic carbocycles. The summed E-state index contributed by atoms with van der Waals surface area (Å²) in [5.41, 5.74) is 3.20. The van der Waals surface area contributed by atoms with Crippen molar-refractivity contribution in [3.8, 4) is 11.5 Å². The Morgan fingerprint density at radius 1 is 0.815 bits per heavy atom. The van der Waals surface area contributed by atoms with Crippen LogP contribution in [0, 0.1) is 0 Å². The Morgan fingerprint density at radius 2 is 1.30 bits per heavy atom. The monoisotopic (exact) mass is 368 g/mol. The molecule has 0 bridgehead atoms. The maximum absolute atomic E-state index is 10.4. The van der Waals surface area contributed by atoms with Crippen molar-refractivity contribution in [3.63, 3.8) is 0 Å². The van der Waals surface area contributed by atoms with Gasteiger partial charge in [0.15, 0.2) is 11.5 Å². The average Bonchev–Trinajstić information content (AvgIpc) is 2.53. The number of phenolic OH excluding ortho intramolecular Hbond substituents is 2. The molecule has 2 aliphatic rings. The SMILES string of the molecule is CC1=CC(C)(O)CC=C1C(C1=CCC(C)(O)C=C1C)c1ccc(O)c(O)c1. The zero-order chi connectivity index (χ0) is 20.0. The summed E-state index contributed by atoms with van der Waals surface area (Å²) in [6, 6.07) is 4.89. The minimum atomic E-state index is -0.870. The van der Waals surface area contributed by atoms with Crippen molar-refractivity contribution in [1.29, 1.82) is 0 Å². The first kappa shape index (κ1) is 19.5. The molecule has 0 heterocycles. The number of phenols is 2. The first-order chi connectivity index (χ1) is 12.5. The molecule has 144 valence electrons. The van der Waals surface area contributed by atoms with E-state index in [9.17, 15) is 20.4 Å². The second-order valence-corrected chi connectivity index (χ2v) is 8.28. The molecule has 27 heavy (non-hydrogen) atoms. The zero-order valence-electron chi connectivity index (χ0n) is 16.3. The summed E-state index contributed by atoms with van der Waals surface area (Å²) in [4.78, 5) is 0. The van der Waals surface area contributed by atoms with E-state index in [-0.39, 0.29) is 17.4 Å². The molecule has 0 aromatic heterocycles. The van der Waals surface area contributed by atoms with Gasteiger partial charge in [-0.3, -0.25) is 0 Å². The van der Waals surface area contributed by atoms with Crippen LogP contribution in [0.5, 0.6) is 11.5 Å². The second kappa shape index (κ2) is 6.70. The fraction of sp³-hybridized carbons (Fsp3) is 0.391. The molecule has 4 heteroatoms. The van der Waals surface area contributed by atoms with Gasteiger partial charge in [0.2, 0.25) is 0 Å². The van der Waals surface area contributed by atoms with Crippen molar-refractivity contribution >= 4 is 0 Å². The highest BCUT2D eigenvalue weighted by atomic mass is 16.3. The van der Waals surface area contributed by atoms with Gasteiger partial charge >= 0.3 is 0 Å². The molecule has 0 saturated heterocycles. The Hall–Kier alpha value is -2.30. The summed E-state index contributed by atoms with van der Waals surface area (Å²) < 4.78 is 0. The van der Waals surface area contributed by atoms with E-state index in [0.29, 0.717) is 12.8 Å². The Balaban J connectivity index is 2.13. The highest BCUT2D eigenvalue weighted by molar-refractivity contribution is 5.57. The zero-order valence-corrected chi connectivity index (χ0v) is 16.3. The van der Waals surface area contributed by atoms with Crippen molar-refractivity contribution in [2.75, 3.05) is 0 Å². The summed E-state index contributed by atoms with van der Waals surface area (Å²) in [6.45, 7) is 7.53. The average molecular weight is 368 g/mol. The number of hydrogen-bond acceptors (Lipinski definition) is 4. The Bertz CT molecular complexity index is 834. The fourth-order valence-corrected chi connectivity index (χ4v) is 4.11. The Labute approximate surface area is 160 Å². The van der Waals surface area contributed by atoms with Gasteiger partial charge in [-0.1, -0.05) is 18.2 Å². The standard InChI is InChI=1S/C23H28O4/c1-14-12-22(3,26)9-7-17(14)21(16-5-6-19(24)20(25)11-16)18-8-10-23(4,27)13-15(18)2/h5-8,11-13,21,24-27H,9-10H2,1-4H3. The van der Waals surface area contributed by atoms with Gasteiger partial charge in [0.05, 0.1) is 11.2 Å². The molecule has 2 atom stereocenters. The van der Waals surface area contributed by atoms with E-state index in [1.54, 1.807) is 19.9 Å². The third-order valence-electron chi connectivity index (χ3n) is 5.39. The van der Waals surface area contributed by atoms with Crippen LogP contribution in [0.2, 0.25) is 0 Å². The van der Waals surface area contributed by atoms with Gasteiger partial charge < -0.3 is 20.4 Å². The highest BCUT2D eigenvalue weighted by Crippen LogP contribution is 2.45. The molecule has 0 amide bonds. The molecule has 3 rings (SSSR count). The molecule has 0 spiro atoms. The lowest BCUT2D eigenvalue weighted by molar-refractivity contribution is 0.112. The maximum Gasteiger partial charge on any atom is 0.157 e. The first-order valence-electron chi connectivity index (χ1n) is 9.25. The van der Waals surface area contributed by atoms with E-state index < -0.39 is 11.2 Å². The van der Waals surface area contributed by atoms with E-state index in [1.807, 2.05) is 44.2 Å². The normalized spacial score (nSPS) is 29.4. The van der Waals surface area contributed by atoms with Crippen molar-refractivity contribution in [3.05, 3.63) is 70.4 Å².